The predicted octanol–water partition coefficient (Wildman–Crippen LogP) is 2.66. The Hall–Kier alpha value is -2.06. The Morgan fingerprint density at radius 3 is 2.79 bits per heavy atom. The first-order valence-corrected chi connectivity index (χ1v) is 6.18. The van der Waals surface area contributed by atoms with Gasteiger partial charge in [0, 0.05) is 23.7 Å². The van der Waals surface area contributed by atoms with Gasteiger partial charge in [-0.25, -0.2) is 4.98 Å². The quantitative estimate of drug-likeness (QED) is 0.694. The maximum absolute atomic E-state index is 11.9. The molecule has 0 radical (unpaired) electrons. The first-order valence-electron chi connectivity index (χ1n) is 5.03. The number of anilines is 1. The summed E-state index contributed by atoms with van der Waals surface area (Å²) in [5.74, 6) is 0.0612. The lowest BCUT2D eigenvalue weighted by molar-refractivity contribution is -0.384. The molecule has 9 heteroatoms. The van der Waals surface area contributed by atoms with E-state index < -0.39 is 10.8 Å². The minimum Gasteiger partial charge on any atom is -0.297 e. The number of amides is 1. The molecule has 0 atom stereocenters. The SMILES string of the molecule is Cc1nsc(NC(=O)c2ccc([N+](=O)[O-])cc2Cl)n1. The summed E-state index contributed by atoms with van der Waals surface area (Å²) in [6.07, 6.45) is 0. The fourth-order valence-corrected chi connectivity index (χ4v) is 2.15. The van der Waals surface area contributed by atoms with Crippen molar-refractivity contribution >= 4 is 39.9 Å². The molecule has 1 heterocycles. The standard InChI is InChI=1S/C10H7ClN4O3S/c1-5-12-10(19-14-5)13-9(16)7-3-2-6(15(17)18)4-8(7)11/h2-4H,1H3,(H,12,13,14,16). The number of aryl methyl sites for hydroxylation is 1. The van der Waals surface area contributed by atoms with Crippen molar-refractivity contribution in [2.75, 3.05) is 5.32 Å². The average Bonchev–Trinajstić information content (AvgIpc) is 2.74. The van der Waals surface area contributed by atoms with Gasteiger partial charge in [0.25, 0.3) is 11.6 Å². The lowest BCUT2D eigenvalue weighted by atomic mass is 10.2. The maximum Gasteiger partial charge on any atom is 0.270 e. The number of hydrogen-bond acceptors (Lipinski definition) is 6. The summed E-state index contributed by atoms with van der Waals surface area (Å²) in [4.78, 5) is 25.9. The van der Waals surface area contributed by atoms with Crippen LogP contribution in [-0.4, -0.2) is 20.2 Å². The number of nitro benzene ring substituents is 1. The number of nitrogens with zero attached hydrogens (tertiary/aromatic N) is 3. The molecule has 0 spiro atoms. The third-order valence-electron chi connectivity index (χ3n) is 2.16. The van der Waals surface area contributed by atoms with Crippen LogP contribution in [0.2, 0.25) is 5.02 Å². The van der Waals surface area contributed by atoms with Crippen LogP contribution in [0.1, 0.15) is 16.2 Å². The van der Waals surface area contributed by atoms with Crippen molar-refractivity contribution in [3.05, 3.63) is 44.7 Å². The van der Waals surface area contributed by atoms with Gasteiger partial charge in [-0.05, 0) is 13.0 Å². The van der Waals surface area contributed by atoms with Crippen LogP contribution in [0.5, 0.6) is 0 Å². The largest absolute Gasteiger partial charge is 0.297 e. The molecular formula is C10H7ClN4O3S. The van der Waals surface area contributed by atoms with Crippen LogP contribution in [-0.2, 0) is 0 Å². The fraction of sp³-hybridized carbons (Fsp3) is 0.100. The van der Waals surface area contributed by atoms with Gasteiger partial charge in [0.15, 0.2) is 0 Å². The van der Waals surface area contributed by atoms with E-state index in [1.54, 1.807) is 6.92 Å². The van der Waals surface area contributed by atoms with Crippen molar-refractivity contribution in [1.29, 1.82) is 0 Å². The summed E-state index contributed by atoms with van der Waals surface area (Å²) >= 11 is 6.88. The second-order valence-corrected chi connectivity index (χ2v) is 4.68. The molecule has 0 aliphatic heterocycles. The van der Waals surface area contributed by atoms with Crippen molar-refractivity contribution in [2.45, 2.75) is 6.92 Å². The second-order valence-electron chi connectivity index (χ2n) is 3.52. The van der Waals surface area contributed by atoms with Crippen molar-refractivity contribution in [3.63, 3.8) is 0 Å². The van der Waals surface area contributed by atoms with E-state index in [9.17, 15) is 14.9 Å². The molecule has 2 aromatic rings. The number of benzene rings is 1. The molecule has 1 amide bonds. The number of nitrogens with one attached hydrogen (secondary N) is 1. The smallest absolute Gasteiger partial charge is 0.270 e. The number of rotatable bonds is 3. The van der Waals surface area contributed by atoms with Crippen molar-refractivity contribution in [3.8, 4) is 0 Å². The predicted molar refractivity (Wildman–Crippen MR) is 70.7 cm³/mol. The summed E-state index contributed by atoms with van der Waals surface area (Å²) in [5, 5.41) is 13.4. The maximum atomic E-state index is 11.9. The lowest BCUT2D eigenvalue weighted by Gasteiger charge is -2.03. The molecule has 0 saturated carbocycles. The highest BCUT2D eigenvalue weighted by Crippen LogP contribution is 2.23. The summed E-state index contributed by atoms with van der Waals surface area (Å²) < 4.78 is 3.92. The zero-order chi connectivity index (χ0) is 14.0. The van der Waals surface area contributed by atoms with Crippen LogP contribution < -0.4 is 5.32 Å². The van der Waals surface area contributed by atoms with Crippen LogP contribution in [0, 0.1) is 17.0 Å². The Morgan fingerprint density at radius 2 is 2.26 bits per heavy atom. The monoisotopic (exact) mass is 298 g/mol. The van der Waals surface area contributed by atoms with Gasteiger partial charge in [-0.3, -0.25) is 20.2 Å². The van der Waals surface area contributed by atoms with Crippen LogP contribution in [0.4, 0.5) is 10.8 Å². The average molecular weight is 299 g/mol. The van der Waals surface area contributed by atoms with Gasteiger partial charge in [-0.2, -0.15) is 4.37 Å². The normalized spacial score (nSPS) is 10.2. The van der Waals surface area contributed by atoms with Crippen LogP contribution in [0.25, 0.3) is 0 Å². The number of non-ortho nitro benzene ring substituents is 1. The molecule has 2 rings (SSSR count). The van der Waals surface area contributed by atoms with E-state index in [-0.39, 0.29) is 16.3 Å². The first-order chi connectivity index (χ1) is 8.97. The van der Waals surface area contributed by atoms with E-state index in [1.807, 2.05) is 0 Å². The van der Waals surface area contributed by atoms with Crippen molar-refractivity contribution in [2.24, 2.45) is 0 Å². The van der Waals surface area contributed by atoms with Gasteiger partial charge >= 0.3 is 0 Å². The van der Waals surface area contributed by atoms with Gasteiger partial charge in [0.1, 0.15) is 5.82 Å². The Bertz CT molecular complexity index is 658. The van der Waals surface area contributed by atoms with Crippen molar-refractivity contribution < 1.29 is 9.72 Å². The molecule has 0 aliphatic carbocycles. The van der Waals surface area contributed by atoms with Gasteiger partial charge in [-0.15, -0.1) is 0 Å². The number of carbonyl (C=O) groups excluding carboxylic acids is 1. The third-order valence-corrected chi connectivity index (χ3v) is 3.19. The zero-order valence-corrected chi connectivity index (χ0v) is 11.2. The van der Waals surface area contributed by atoms with Gasteiger partial charge < -0.3 is 0 Å². The molecule has 0 fully saturated rings. The zero-order valence-electron chi connectivity index (χ0n) is 9.58. The summed E-state index contributed by atoms with van der Waals surface area (Å²) in [6.45, 7) is 1.70. The van der Waals surface area contributed by atoms with E-state index >= 15 is 0 Å². The molecule has 1 aromatic heterocycles. The Balaban J connectivity index is 2.22. The first kappa shape index (κ1) is 13.4. The molecule has 7 nitrogen and oxygen atoms in total. The Morgan fingerprint density at radius 1 is 1.53 bits per heavy atom. The van der Waals surface area contributed by atoms with Crippen LogP contribution in [0.3, 0.4) is 0 Å². The summed E-state index contributed by atoms with van der Waals surface area (Å²) in [5.41, 5.74) is -0.0339. The van der Waals surface area contributed by atoms with Crippen LogP contribution >= 0.6 is 23.1 Å². The van der Waals surface area contributed by atoms with Gasteiger partial charge in [0.05, 0.1) is 15.5 Å². The van der Waals surface area contributed by atoms with E-state index in [2.05, 4.69) is 14.7 Å². The highest BCUT2D eigenvalue weighted by molar-refractivity contribution is 7.09. The molecule has 1 aromatic carbocycles. The van der Waals surface area contributed by atoms with E-state index in [0.717, 1.165) is 17.6 Å². The minimum atomic E-state index is -0.582. The number of aromatic nitrogens is 2. The molecule has 0 bridgehead atoms. The van der Waals surface area contributed by atoms with E-state index in [1.165, 1.54) is 12.1 Å². The lowest BCUT2D eigenvalue weighted by Crippen LogP contribution is -2.12. The number of nitro groups is 1. The van der Waals surface area contributed by atoms with Crippen molar-refractivity contribution in [1.82, 2.24) is 9.36 Å². The van der Waals surface area contributed by atoms with E-state index in [4.69, 9.17) is 11.6 Å². The number of carbonyl (C=O) groups is 1. The molecule has 0 aliphatic rings. The Labute approximate surface area is 116 Å². The highest BCUT2D eigenvalue weighted by atomic mass is 35.5. The molecule has 1 N–H and O–H groups in total. The number of halogens is 1. The topological polar surface area (TPSA) is 98.0 Å². The molecule has 0 unspecified atom stereocenters. The summed E-state index contributed by atoms with van der Waals surface area (Å²) in [6, 6.07) is 3.64. The highest BCUT2D eigenvalue weighted by Gasteiger charge is 2.16. The summed E-state index contributed by atoms with van der Waals surface area (Å²) in [7, 11) is 0. The van der Waals surface area contributed by atoms with Gasteiger partial charge in [0.2, 0.25) is 5.13 Å². The molecule has 0 saturated heterocycles. The van der Waals surface area contributed by atoms with Gasteiger partial charge in [-0.1, -0.05) is 11.6 Å². The Kier molecular flexibility index (Phi) is 3.72. The second kappa shape index (κ2) is 5.29. The minimum absolute atomic E-state index is 0.00735. The molecular weight excluding hydrogens is 292 g/mol. The fourth-order valence-electron chi connectivity index (χ4n) is 1.31. The van der Waals surface area contributed by atoms with E-state index in [0.29, 0.717) is 11.0 Å². The molecule has 19 heavy (non-hydrogen) atoms. The number of hydrogen-bond donors (Lipinski definition) is 1. The van der Waals surface area contributed by atoms with Crippen LogP contribution in [0.15, 0.2) is 18.2 Å². The third kappa shape index (κ3) is 3.04. The molecule has 98 valence electrons.